The highest BCUT2D eigenvalue weighted by Crippen LogP contribution is 2.77. The first-order valence-electron chi connectivity index (χ1n) is 5.82. The maximum absolute atomic E-state index is 6.51. The molecule has 0 aromatic heterocycles. The number of hydrogen-bond acceptors (Lipinski definition) is 1. The molecule has 1 aromatic carbocycles. The van der Waals surface area contributed by atoms with Crippen molar-refractivity contribution in [2.24, 2.45) is 5.41 Å². The Labute approximate surface area is 106 Å². The van der Waals surface area contributed by atoms with E-state index in [2.05, 4.69) is 29.6 Å². The third-order valence-corrected chi connectivity index (χ3v) is 5.31. The molecule has 1 aromatic rings. The highest BCUT2D eigenvalue weighted by atomic mass is 35.5. The summed E-state index contributed by atoms with van der Waals surface area (Å²) < 4.78 is -0.559. The molecule has 2 fully saturated rings. The molecule has 1 aliphatic carbocycles. The molecule has 1 aliphatic heterocycles. The lowest BCUT2D eigenvalue weighted by atomic mass is 9.89. The summed E-state index contributed by atoms with van der Waals surface area (Å²) in [5.74, 6) is 0.312. The monoisotopic (exact) mass is 255 g/mol. The molecule has 0 amide bonds. The lowest BCUT2D eigenvalue weighted by Crippen LogP contribution is -2.31. The lowest BCUT2D eigenvalue weighted by Gasteiger charge is -2.24. The minimum absolute atomic E-state index is 0.114. The van der Waals surface area contributed by atoms with Gasteiger partial charge in [0.25, 0.3) is 0 Å². The van der Waals surface area contributed by atoms with Crippen LogP contribution in [0.3, 0.4) is 0 Å². The van der Waals surface area contributed by atoms with Gasteiger partial charge in [0.2, 0.25) is 0 Å². The maximum atomic E-state index is 6.51. The number of nitrogens with one attached hydrogen (secondary N) is 1. The standard InChI is InChI=1S/C13H15Cl2N/c14-13(15)11(10-4-2-1-3-5-10)12(13)6-8-16-9-7-12/h1-5,11,16H,6-9H2. The second kappa shape index (κ2) is 3.63. The van der Waals surface area contributed by atoms with Crippen LogP contribution in [0.15, 0.2) is 30.3 Å². The summed E-state index contributed by atoms with van der Waals surface area (Å²) in [5, 5.41) is 3.37. The van der Waals surface area contributed by atoms with E-state index >= 15 is 0 Å². The molecule has 1 atom stereocenters. The predicted octanol–water partition coefficient (Wildman–Crippen LogP) is 3.33. The molecule has 2 aliphatic rings. The Morgan fingerprint density at radius 2 is 1.69 bits per heavy atom. The zero-order valence-corrected chi connectivity index (χ0v) is 10.6. The van der Waals surface area contributed by atoms with Crippen molar-refractivity contribution in [3.8, 4) is 0 Å². The van der Waals surface area contributed by atoms with E-state index in [1.165, 1.54) is 5.56 Å². The van der Waals surface area contributed by atoms with Crippen LogP contribution in [0, 0.1) is 5.41 Å². The van der Waals surface area contributed by atoms with Gasteiger partial charge >= 0.3 is 0 Å². The zero-order valence-electron chi connectivity index (χ0n) is 9.05. The zero-order chi connectivity index (χ0) is 11.2. The van der Waals surface area contributed by atoms with E-state index in [1.54, 1.807) is 0 Å². The van der Waals surface area contributed by atoms with Gasteiger partial charge < -0.3 is 5.32 Å². The molecule has 86 valence electrons. The fourth-order valence-electron chi connectivity index (χ4n) is 3.18. The second-order valence-electron chi connectivity index (χ2n) is 4.87. The van der Waals surface area contributed by atoms with Crippen molar-refractivity contribution in [1.82, 2.24) is 5.32 Å². The average molecular weight is 256 g/mol. The summed E-state index contributed by atoms with van der Waals surface area (Å²) in [6.07, 6.45) is 2.17. The van der Waals surface area contributed by atoms with E-state index in [9.17, 15) is 0 Å². The molecule has 1 saturated carbocycles. The van der Waals surface area contributed by atoms with Crippen LogP contribution in [0.5, 0.6) is 0 Å². The van der Waals surface area contributed by atoms with Crippen molar-refractivity contribution in [2.45, 2.75) is 23.1 Å². The second-order valence-corrected chi connectivity index (χ2v) is 6.26. The molecule has 1 spiro atoms. The van der Waals surface area contributed by atoms with Crippen LogP contribution in [0.1, 0.15) is 24.3 Å². The molecule has 0 radical (unpaired) electrons. The molecule has 3 heteroatoms. The number of rotatable bonds is 1. The number of hydrogen-bond donors (Lipinski definition) is 1. The van der Waals surface area contributed by atoms with Gasteiger partial charge in [0.05, 0.1) is 0 Å². The van der Waals surface area contributed by atoms with E-state index < -0.39 is 4.33 Å². The van der Waals surface area contributed by atoms with E-state index in [0.29, 0.717) is 5.92 Å². The molecule has 16 heavy (non-hydrogen) atoms. The predicted molar refractivity (Wildman–Crippen MR) is 68.2 cm³/mol. The van der Waals surface area contributed by atoms with Gasteiger partial charge in [0.15, 0.2) is 0 Å². The van der Waals surface area contributed by atoms with Crippen LogP contribution in [0.2, 0.25) is 0 Å². The Morgan fingerprint density at radius 1 is 1.06 bits per heavy atom. The Morgan fingerprint density at radius 3 is 2.31 bits per heavy atom. The van der Waals surface area contributed by atoms with Crippen LogP contribution in [-0.2, 0) is 0 Å². The highest BCUT2D eigenvalue weighted by molar-refractivity contribution is 6.52. The van der Waals surface area contributed by atoms with Crippen molar-refractivity contribution in [3.63, 3.8) is 0 Å². The van der Waals surface area contributed by atoms with Gasteiger partial charge in [-0.15, -0.1) is 23.2 Å². The number of benzene rings is 1. The number of halogens is 2. The Kier molecular flexibility index (Phi) is 2.47. The summed E-state index contributed by atoms with van der Waals surface area (Å²) in [6, 6.07) is 10.4. The van der Waals surface area contributed by atoms with Gasteiger partial charge in [-0.25, -0.2) is 0 Å². The van der Waals surface area contributed by atoms with Gasteiger partial charge in [0.1, 0.15) is 4.33 Å². The van der Waals surface area contributed by atoms with Crippen LogP contribution >= 0.6 is 23.2 Å². The Bertz CT molecular complexity index is 382. The van der Waals surface area contributed by atoms with E-state index in [-0.39, 0.29) is 5.41 Å². The smallest absolute Gasteiger partial charge is 0.132 e. The molecular weight excluding hydrogens is 241 g/mol. The first kappa shape index (κ1) is 10.9. The quantitative estimate of drug-likeness (QED) is 0.760. The van der Waals surface area contributed by atoms with Gasteiger partial charge in [-0.3, -0.25) is 0 Å². The average Bonchev–Trinajstić information content (AvgIpc) is 2.76. The van der Waals surface area contributed by atoms with Crippen LogP contribution < -0.4 is 5.32 Å². The Balaban J connectivity index is 1.93. The van der Waals surface area contributed by atoms with Crippen LogP contribution in [-0.4, -0.2) is 17.4 Å². The van der Waals surface area contributed by atoms with E-state index in [1.807, 2.05) is 6.07 Å². The molecular formula is C13H15Cl2N. The van der Waals surface area contributed by atoms with Crippen molar-refractivity contribution >= 4 is 23.2 Å². The van der Waals surface area contributed by atoms with Crippen molar-refractivity contribution in [1.29, 1.82) is 0 Å². The molecule has 0 bridgehead atoms. The summed E-state index contributed by atoms with van der Waals surface area (Å²) >= 11 is 13.0. The maximum Gasteiger partial charge on any atom is 0.132 e. The highest BCUT2D eigenvalue weighted by Gasteiger charge is 2.75. The Hall–Kier alpha value is -0.240. The largest absolute Gasteiger partial charge is 0.317 e. The van der Waals surface area contributed by atoms with Crippen molar-refractivity contribution in [3.05, 3.63) is 35.9 Å². The summed E-state index contributed by atoms with van der Waals surface area (Å²) in [7, 11) is 0. The van der Waals surface area contributed by atoms with Crippen LogP contribution in [0.25, 0.3) is 0 Å². The molecule has 1 saturated heterocycles. The summed E-state index contributed by atoms with van der Waals surface area (Å²) in [6.45, 7) is 2.06. The number of alkyl halides is 2. The summed E-state index contributed by atoms with van der Waals surface area (Å²) in [4.78, 5) is 0. The molecule has 3 rings (SSSR count). The van der Waals surface area contributed by atoms with E-state index in [0.717, 1.165) is 25.9 Å². The molecule has 1 unspecified atom stereocenters. The third kappa shape index (κ3) is 1.35. The van der Waals surface area contributed by atoms with Crippen molar-refractivity contribution in [2.75, 3.05) is 13.1 Å². The first-order valence-corrected chi connectivity index (χ1v) is 6.57. The van der Waals surface area contributed by atoms with Gasteiger partial charge in [0, 0.05) is 11.3 Å². The topological polar surface area (TPSA) is 12.0 Å². The molecule has 1 N–H and O–H groups in total. The fourth-order valence-corrected chi connectivity index (χ4v) is 4.33. The molecule has 1 heterocycles. The first-order chi connectivity index (χ1) is 7.68. The third-order valence-electron chi connectivity index (χ3n) is 4.12. The van der Waals surface area contributed by atoms with Gasteiger partial charge in [-0.05, 0) is 31.5 Å². The summed E-state index contributed by atoms with van der Waals surface area (Å²) in [5.41, 5.74) is 1.40. The van der Waals surface area contributed by atoms with Gasteiger partial charge in [-0.2, -0.15) is 0 Å². The van der Waals surface area contributed by atoms with Crippen LogP contribution in [0.4, 0.5) is 0 Å². The van der Waals surface area contributed by atoms with Gasteiger partial charge in [-0.1, -0.05) is 30.3 Å². The molecule has 1 nitrogen and oxygen atoms in total. The SMILES string of the molecule is ClC1(Cl)C(c2ccccc2)C12CCNCC2. The fraction of sp³-hybridized carbons (Fsp3) is 0.538. The normalized spacial score (nSPS) is 30.2. The minimum atomic E-state index is -0.559. The van der Waals surface area contributed by atoms with Crippen molar-refractivity contribution < 1.29 is 0 Å². The lowest BCUT2D eigenvalue weighted by molar-refractivity contribution is 0.338. The number of piperidine rings is 1. The minimum Gasteiger partial charge on any atom is -0.317 e. The van der Waals surface area contributed by atoms with E-state index in [4.69, 9.17) is 23.2 Å².